The van der Waals surface area contributed by atoms with E-state index in [1.165, 1.54) is 16.0 Å². The summed E-state index contributed by atoms with van der Waals surface area (Å²) in [5.41, 5.74) is 2.55. The van der Waals surface area contributed by atoms with Crippen molar-refractivity contribution in [3.63, 3.8) is 0 Å². The molecule has 0 aromatic heterocycles. The van der Waals surface area contributed by atoms with Gasteiger partial charge in [-0.1, -0.05) is 48.0 Å². The molecule has 0 amide bonds. The van der Waals surface area contributed by atoms with Gasteiger partial charge in [0.2, 0.25) is 0 Å². The molecule has 0 saturated heterocycles. The van der Waals surface area contributed by atoms with Crippen LogP contribution in [0.4, 0.5) is 0 Å². The van der Waals surface area contributed by atoms with Crippen molar-refractivity contribution in [2.24, 2.45) is 0 Å². The first-order chi connectivity index (χ1) is 9.65. The van der Waals surface area contributed by atoms with Gasteiger partial charge in [0.1, 0.15) is 0 Å². The maximum absolute atomic E-state index is 6.06. The molecule has 106 valence electrons. The normalized spacial score (nSPS) is 12.6. The Labute approximate surface area is 126 Å². The van der Waals surface area contributed by atoms with Crippen LogP contribution < -0.4 is 0 Å². The molecule has 0 aliphatic heterocycles. The molecule has 0 fully saturated rings. The van der Waals surface area contributed by atoms with E-state index < -0.39 is 0 Å². The maximum atomic E-state index is 6.06. The van der Waals surface area contributed by atoms with Crippen LogP contribution in [0.25, 0.3) is 0 Å². The summed E-state index contributed by atoms with van der Waals surface area (Å²) in [5, 5.41) is 0. The summed E-state index contributed by atoms with van der Waals surface area (Å²) in [6.45, 7) is 6.29. The lowest BCUT2D eigenvalue weighted by Crippen LogP contribution is -2.12. The van der Waals surface area contributed by atoms with E-state index in [-0.39, 0.29) is 12.2 Å². The number of aryl methyl sites for hydroxylation is 1. The van der Waals surface area contributed by atoms with E-state index in [0.717, 1.165) is 5.75 Å². The predicted octanol–water partition coefficient (Wildman–Crippen LogP) is 5.25. The Bertz CT molecular complexity index is 505. The summed E-state index contributed by atoms with van der Waals surface area (Å²) in [5.74, 6) is 0.936. The van der Waals surface area contributed by atoms with Crippen LogP contribution >= 0.6 is 11.8 Å². The molecule has 2 heteroatoms. The van der Waals surface area contributed by atoms with Gasteiger partial charge >= 0.3 is 0 Å². The minimum atomic E-state index is 0.141. The third-order valence-corrected chi connectivity index (χ3v) is 4.11. The van der Waals surface area contributed by atoms with Crippen LogP contribution in [0.1, 0.15) is 31.1 Å². The van der Waals surface area contributed by atoms with Crippen molar-refractivity contribution in [3.05, 3.63) is 65.7 Å². The topological polar surface area (TPSA) is 9.23 Å². The Morgan fingerprint density at radius 3 is 2.20 bits per heavy atom. The Balaban J connectivity index is 2.03. The third kappa shape index (κ3) is 4.69. The van der Waals surface area contributed by atoms with E-state index in [1.54, 1.807) is 0 Å². The highest BCUT2D eigenvalue weighted by Crippen LogP contribution is 2.28. The van der Waals surface area contributed by atoms with Crippen molar-refractivity contribution < 1.29 is 4.74 Å². The molecule has 0 heterocycles. The zero-order valence-corrected chi connectivity index (χ0v) is 13.2. The quantitative estimate of drug-likeness (QED) is 0.670. The first-order valence-corrected chi connectivity index (χ1v) is 8.03. The van der Waals surface area contributed by atoms with E-state index in [4.69, 9.17) is 4.74 Å². The lowest BCUT2D eigenvalue weighted by molar-refractivity contribution is 0.0207. The van der Waals surface area contributed by atoms with Crippen LogP contribution in [0.2, 0.25) is 0 Å². The molecule has 2 rings (SSSR count). The molecule has 0 radical (unpaired) electrons. The van der Waals surface area contributed by atoms with Gasteiger partial charge in [-0.05, 0) is 38.5 Å². The van der Waals surface area contributed by atoms with Crippen molar-refractivity contribution >= 4 is 11.8 Å². The average molecular weight is 286 g/mol. The van der Waals surface area contributed by atoms with Gasteiger partial charge in [0.25, 0.3) is 0 Å². The van der Waals surface area contributed by atoms with Crippen LogP contribution in [0.3, 0.4) is 0 Å². The second-order valence-corrected chi connectivity index (χ2v) is 6.30. The summed E-state index contributed by atoms with van der Waals surface area (Å²) in [7, 11) is 0. The average Bonchev–Trinajstić information content (AvgIpc) is 2.46. The van der Waals surface area contributed by atoms with Gasteiger partial charge in [-0.2, -0.15) is 0 Å². The number of hydrogen-bond donors (Lipinski definition) is 0. The molecule has 0 saturated carbocycles. The molecule has 1 atom stereocenters. The summed E-state index contributed by atoms with van der Waals surface area (Å²) >= 11 is 1.85. The summed E-state index contributed by atoms with van der Waals surface area (Å²) in [6, 6.07) is 19.1. The van der Waals surface area contributed by atoms with Gasteiger partial charge in [0.05, 0.1) is 12.2 Å². The van der Waals surface area contributed by atoms with Crippen molar-refractivity contribution in [1.82, 2.24) is 0 Å². The fraction of sp³-hybridized carbons (Fsp3) is 0.333. The van der Waals surface area contributed by atoms with Crippen LogP contribution in [0, 0.1) is 6.92 Å². The smallest absolute Gasteiger partial charge is 0.0922 e. The van der Waals surface area contributed by atoms with E-state index >= 15 is 0 Å². The second-order valence-electron chi connectivity index (χ2n) is 5.21. The number of thioether (sulfide) groups is 1. The molecule has 20 heavy (non-hydrogen) atoms. The highest BCUT2D eigenvalue weighted by Gasteiger charge is 2.14. The third-order valence-electron chi connectivity index (χ3n) is 3.03. The van der Waals surface area contributed by atoms with Gasteiger partial charge < -0.3 is 4.74 Å². The highest BCUT2D eigenvalue weighted by molar-refractivity contribution is 7.99. The van der Waals surface area contributed by atoms with Gasteiger partial charge in [-0.15, -0.1) is 11.8 Å². The highest BCUT2D eigenvalue weighted by atomic mass is 32.2. The van der Waals surface area contributed by atoms with Gasteiger partial charge in [0.15, 0.2) is 0 Å². The standard InChI is InChI=1S/C18H22OS/c1-14(2)19-18(16-7-5-4-6-8-16)13-20-17-11-9-15(3)10-12-17/h4-12,14,18H,13H2,1-3H3. The molecule has 0 N–H and O–H groups in total. The lowest BCUT2D eigenvalue weighted by atomic mass is 10.1. The molecular formula is C18H22OS. The van der Waals surface area contributed by atoms with E-state index in [1.807, 2.05) is 17.8 Å². The Morgan fingerprint density at radius 2 is 1.60 bits per heavy atom. The minimum Gasteiger partial charge on any atom is -0.370 e. The first kappa shape index (κ1) is 15.1. The Hall–Kier alpha value is -1.25. The van der Waals surface area contributed by atoms with E-state index in [9.17, 15) is 0 Å². The molecule has 1 nitrogen and oxygen atoms in total. The minimum absolute atomic E-state index is 0.141. The Morgan fingerprint density at radius 1 is 0.950 bits per heavy atom. The van der Waals surface area contributed by atoms with Gasteiger partial charge in [-0.3, -0.25) is 0 Å². The number of rotatable bonds is 6. The summed E-state index contributed by atoms with van der Waals surface area (Å²) in [6.07, 6.45) is 0.376. The van der Waals surface area contributed by atoms with Crippen molar-refractivity contribution in [2.45, 2.75) is 37.9 Å². The van der Waals surface area contributed by atoms with Crippen molar-refractivity contribution in [1.29, 1.82) is 0 Å². The number of ether oxygens (including phenoxy) is 1. The zero-order chi connectivity index (χ0) is 14.4. The Kier molecular flexibility index (Phi) is 5.69. The predicted molar refractivity (Wildman–Crippen MR) is 87.3 cm³/mol. The fourth-order valence-electron chi connectivity index (χ4n) is 2.02. The zero-order valence-electron chi connectivity index (χ0n) is 12.4. The van der Waals surface area contributed by atoms with Crippen LogP contribution in [0.5, 0.6) is 0 Å². The fourth-order valence-corrected chi connectivity index (χ4v) is 2.96. The van der Waals surface area contributed by atoms with Crippen molar-refractivity contribution in [3.8, 4) is 0 Å². The van der Waals surface area contributed by atoms with Crippen LogP contribution in [-0.4, -0.2) is 11.9 Å². The number of benzene rings is 2. The van der Waals surface area contributed by atoms with Gasteiger partial charge in [-0.25, -0.2) is 0 Å². The van der Waals surface area contributed by atoms with Crippen LogP contribution in [0.15, 0.2) is 59.5 Å². The molecule has 0 bridgehead atoms. The number of hydrogen-bond acceptors (Lipinski definition) is 2. The molecular weight excluding hydrogens is 264 g/mol. The second kappa shape index (κ2) is 7.51. The summed E-state index contributed by atoms with van der Waals surface area (Å²) < 4.78 is 6.06. The van der Waals surface area contributed by atoms with Crippen molar-refractivity contribution in [2.75, 3.05) is 5.75 Å². The molecule has 2 aromatic carbocycles. The maximum Gasteiger partial charge on any atom is 0.0922 e. The summed E-state index contributed by atoms with van der Waals surface area (Å²) in [4.78, 5) is 1.30. The monoisotopic (exact) mass is 286 g/mol. The molecule has 2 aromatic rings. The molecule has 0 aliphatic carbocycles. The van der Waals surface area contributed by atoms with Gasteiger partial charge in [0, 0.05) is 10.6 Å². The van der Waals surface area contributed by atoms with Crippen LogP contribution in [-0.2, 0) is 4.74 Å². The molecule has 1 unspecified atom stereocenters. The SMILES string of the molecule is Cc1ccc(SCC(OC(C)C)c2ccccc2)cc1. The van der Waals surface area contributed by atoms with E-state index in [2.05, 4.69) is 69.3 Å². The first-order valence-electron chi connectivity index (χ1n) is 7.05. The molecule has 0 aliphatic rings. The molecule has 0 spiro atoms. The van der Waals surface area contributed by atoms with E-state index in [0.29, 0.717) is 0 Å². The lowest BCUT2D eigenvalue weighted by Gasteiger charge is -2.20. The largest absolute Gasteiger partial charge is 0.370 e.